The van der Waals surface area contributed by atoms with Crippen molar-refractivity contribution >= 4 is 5.78 Å². The summed E-state index contributed by atoms with van der Waals surface area (Å²) >= 11 is 0. The second-order valence-electron chi connectivity index (χ2n) is 5.89. The monoisotopic (exact) mass is 265 g/mol. The van der Waals surface area contributed by atoms with Crippen LogP contribution in [0.5, 0.6) is 0 Å². The second kappa shape index (κ2) is 5.82. The fourth-order valence-electron chi connectivity index (χ4n) is 2.41. The molecule has 1 saturated heterocycles. The van der Waals surface area contributed by atoms with Gasteiger partial charge < -0.3 is 4.74 Å². The van der Waals surface area contributed by atoms with Crippen LogP contribution in [0.15, 0.2) is 6.33 Å². The molecule has 19 heavy (non-hydrogen) atoms. The summed E-state index contributed by atoms with van der Waals surface area (Å²) < 4.78 is 7.52. The molecule has 2 heterocycles. The molecule has 1 atom stereocenters. The van der Waals surface area contributed by atoms with Crippen molar-refractivity contribution in [3.8, 4) is 0 Å². The van der Waals surface area contributed by atoms with Crippen molar-refractivity contribution < 1.29 is 9.53 Å². The van der Waals surface area contributed by atoms with Crippen molar-refractivity contribution in [2.45, 2.75) is 58.6 Å². The van der Waals surface area contributed by atoms with Crippen molar-refractivity contribution in [1.29, 1.82) is 0 Å². The van der Waals surface area contributed by atoms with E-state index in [0.29, 0.717) is 18.9 Å². The van der Waals surface area contributed by atoms with Gasteiger partial charge in [0.15, 0.2) is 5.78 Å². The minimum atomic E-state index is -0.632. The van der Waals surface area contributed by atoms with Crippen molar-refractivity contribution in [3.05, 3.63) is 12.2 Å². The molecule has 2 rings (SSSR count). The van der Waals surface area contributed by atoms with Gasteiger partial charge in [-0.3, -0.25) is 4.79 Å². The fraction of sp³-hybridized carbons (Fsp3) is 0.786. The third-order valence-electron chi connectivity index (χ3n) is 3.61. The number of carbonyl (C=O) groups is 1. The van der Waals surface area contributed by atoms with Crippen molar-refractivity contribution in [2.75, 3.05) is 6.61 Å². The van der Waals surface area contributed by atoms with E-state index in [4.69, 9.17) is 4.74 Å². The Labute approximate surface area is 114 Å². The Morgan fingerprint density at radius 2 is 2.32 bits per heavy atom. The number of aromatic nitrogens is 3. The summed E-state index contributed by atoms with van der Waals surface area (Å²) in [5.74, 6) is 1.34. The molecule has 1 aromatic rings. The maximum Gasteiger partial charge on any atom is 0.171 e. The SMILES string of the molecule is CC(C)Cn1ncnc1CC(=O)C1(C)CCCCO1. The van der Waals surface area contributed by atoms with Crippen LogP contribution in [-0.4, -0.2) is 32.8 Å². The van der Waals surface area contributed by atoms with Crippen LogP contribution in [0.25, 0.3) is 0 Å². The number of hydrogen-bond donors (Lipinski definition) is 0. The van der Waals surface area contributed by atoms with Crippen molar-refractivity contribution in [1.82, 2.24) is 14.8 Å². The van der Waals surface area contributed by atoms with Gasteiger partial charge in [-0.15, -0.1) is 0 Å². The molecule has 0 aromatic carbocycles. The molecule has 0 bridgehead atoms. The standard InChI is InChI=1S/C14H23N3O2/c1-11(2)9-17-13(15-10-16-17)8-12(18)14(3)6-4-5-7-19-14/h10-11H,4-9H2,1-3H3. The molecular weight excluding hydrogens is 242 g/mol. The van der Waals surface area contributed by atoms with Gasteiger partial charge in [-0.2, -0.15) is 5.10 Å². The van der Waals surface area contributed by atoms with E-state index in [-0.39, 0.29) is 5.78 Å². The number of ketones is 1. The lowest BCUT2D eigenvalue weighted by atomic mass is 9.90. The molecule has 106 valence electrons. The van der Waals surface area contributed by atoms with Crippen molar-refractivity contribution in [2.24, 2.45) is 5.92 Å². The first-order chi connectivity index (χ1) is 9.01. The highest BCUT2D eigenvalue weighted by Gasteiger charge is 2.36. The summed E-state index contributed by atoms with van der Waals surface area (Å²) in [5.41, 5.74) is -0.632. The van der Waals surface area contributed by atoms with Gasteiger partial charge >= 0.3 is 0 Å². The lowest BCUT2D eigenvalue weighted by Crippen LogP contribution is -2.42. The zero-order valence-corrected chi connectivity index (χ0v) is 12.1. The molecule has 0 N–H and O–H groups in total. The molecule has 1 unspecified atom stereocenters. The van der Waals surface area contributed by atoms with E-state index >= 15 is 0 Å². The quantitative estimate of drug-likeness (QED) is 0.817. The van der Waals surface area contributed by atoms with Gasteiger partial charge in [0.1, 0.15) is 17.8 Å². The van der Waals surface area contributed by atoms with Crippen LogP contribution in [-0.2, 0) is 22.5 Å². The zero-order valence-electron chi connectivity index (χ0n) is 12.1. The van der Waals surface area contributed by atoms with Crippen LogP contribution in [0.2, 0.25) is 0 Å². The molecule has 5 nitrogen and oxygen atoms in total. The highest BCUT2D eigenvalue weighted by atomic mass is 16.5. The minimum Gasteiger partial charge on any atom is -0.367 e. The van der Waals surface area contributed by atoms with Crippen molar-refractivity contribution in [3.63, 3.8) is 0 Å². The summed E-state index contributed by atoms with van der Waals surface area (Å²) in [6, 6.07) is 0. The number of Topliss-reactive ketones (excluding diaryl/α,β-unsaturated/α-hetero) is 1. The highest BCUT2D eigenvalue weighted by molar-refractivity contribution is 5.88. The summed E-state index contributed by atoms with van der Waals surface area (Å²) in [5, 5.41) is 4.19. The Hall–Kier alpha value is -1.23. The first-order valence-electron chi connectivity index (χ1n) is 7.05. The first kappa shape index (κ1) is 14.2. The van der Waals surface area contributed by atoms with Gasteiger partial charge in [-0.1, -0.05) is 13.8 Å². The van der Waals surface area contributed by atoms with Gasteiger partial charge in [0.25, 0.3) is 0 Å². The van der Waals surface area contributed by atoms with E-state index < -0.39 is 5.60 Å². The molecular formula is C14H23N3O2. The van der Waals surface area contributed by atoms with E-state index in [1.54, 1.807) is 0 Å². The summed E-state index contributed by atoms with van der Waals surface area (Å²) in [7, 11) is 0. The van der Waals surface area contributed by atoms with Crippen LogP contribution in [0.4, 0.5) is 0 Å². The molecule has 0 amide bonds. The average molecular weight is 265 g/mol. The molecule has 0 radical (unpaired) electrons. The lowest BCUT2D eigenvalue weighted by molar-refractivity contribution is -0.147. The van der Waals surface area contributed by atoms with Crippen LogP contribution in [0.1, 0.15) is 45.9 Å². The molecule has 0 saturated carbocycles. The Morgan fingerprint density at radius 1 is 1.53 bits per heavy atom. The summed E-state index contributed by atoms with van der Waals surface area (Å²) in [6.07, 6.45) is 4.75. The van der Waals surface area contributed by atoms with E-state index in [9.17, 15) is 4.79 Å². The average Bonchev–Trinajstić information content (AvgIpc) is 2.76. The van der Waals surface area contributed by atoms with Gasteiger partial charge in [0.05, 0.1) is 6.42 Å². The topological polar surface area (TPSA) is 57.0 Å². The fourth-order valence-corrected chi connectivity index (χ4v) is 2.41. The first-order valence-corrected chi connectivity index (χ1v) is 7.05. The Morgan fingerprint density at radius 3 is 2.95 bits per heavy atom. The molecule has 1 aliphatic heterocycles. The molecule has 1 aromatic heterocycles. The highest BCUT2D eigenvalue weighted by Crippen LogP contribution is 2.26. The van der Waals surface area contributed by atoms with Gasteiger partial charge in [-0.05, 0) is 32.1 Å². The predicted octanol–water partition coefficient (Wildman–Crippen LogP) is 2.00. The third kappa shape index (κ3) is 3.41. The van der Waals surface area contributed by atoms with Gasteiger partial charge in [0.2, 0.25) is 0 Å². The molecule has 1 aliphatic rings. The van der Waals surface area contributed by atoms with E-state index in [2.05, 4.69) is 23.9 Å². The number of carbonyl (C=O) groups excluding carboxylic acids is 1. The Kier molecular flexibility index (Phi) is 4.34. The number of hydrogen-bond acceptors (Lipinski definition) is 4. The number of ether oxygens (including phenoxy) is 1. The summed E-state index contributed by atoms with van der Waals surface area (Å²) in [4.78, 5) is 16.6. The maximum absolute atomic E-state index is 12.4. The number of rotatable bonds is 5. The Bertz CT molecular complexity index is 434. The van der Waals surface area contributed by atoms with E-state index in [0.717, 1.165) is 31.6 Å². The molecule has 5 heteroatoms. The Balaban J connectivity index is 2.04. The normalized spacial score (nSPS) is 23.8. The number of nitrogens with zero attached hydrogens (tertiary/aromatic N) is 3. The maximum atomic E-state index is 12.4. The van der Waals surface area contributed by atoms with E-state index in [1.807, 2.05) is 11.6 Å². The largest absolute Gasteiger partial charge is 0.367 e. The third-order valence-corrected chi connectivity index (χ3v) is 3.61. The summed E-state index contributed by atoms with van der Waals surface area (Å²) in [6.45, 7) is 7.62. The van der Waals surface area contributed by atoms with Crippen LogP contribution >= 0.6 is 0 Å². The predicted molar refractivity (Wildman–Crippen MR) is 71.8 cm³/mol. The molecule has 1 fully saturated rings. The minimum absolute atomic E-state index is 0.116. The van der Waals surface area contributed by atoms with Crippen LogP contribution in [0, 0.1) is 5.92 Å². The zero-order chi connectivity index (χ0) is 13.9. The molecule has 0 aliphatic carbocycles. The lowest BCUT2D eigenvalue weighted by Gasteiger charge is -2.32. The van der Waals surface area contributed by atoms with Crippen LogP contribution in [0.3, 0.4) is 0 Å². The van der Waals surface area contributed by atoms with Gasteiger partial charge in [-0.25, -0.2) is 9.67 Å². The van der Waals surface area contributed by atoms with E-state index in [1.165, 1.54) is 6.33 Å². The van der Waals surface area contributed by atoms with Gasteiger partial charge in [0, 0.05) is 13.2 Å². The van der Waals surface area contributed by atoms with Crippen LogP contribution < -0.4 is 0 Å². The second-order valence-corrected chi connectivity index (χ2v) is 5.89. The molecule has 0 spiro atoms. The smallest absolute Gasteiger partial charge is 0.171 e.